The van der Waals surface area contributed by atoms with Crippen molar-refractivity contribution in [3.63, 3.8) is 0 Å². The van der Waals surface area contributed by atoms with Gasteiger partial charge in [0.2, 0.25) is 0 Å². The first-order valence-electron chi connectivity index (χ1n) is 6.71. The zero-order valence-corrected chi connectivity index (χ0v) is 12.5. The molecule has 0 aromatic heterocycles. The molecule has 1 aromatic carbocycles. The fraction of sp³-hybridized carbons (Fsp3) is 0.375. The van der Waals surface area contributed by atoms with E-state index in [2.05, 4.69) is 42.8 Å². The number of unbranched alkanes of at least 4 members (excludes halogenated alkanes) is 1. The smallest absolute Gasteiger partial charge is 0.130 e. The van der Waals surface area contributed by atoms with E-state index in [1.165, 1.54) is 6.42 Å². The van der Waals surface area contributed by atoms with Crippen LogP contribution < -0.4 is 0 Å². The van der Waals surface area contributed by atoms with Gasteiger partial charge in [0, 0.05) is 7.11 Å². The van der Waals surface area contributed by atoms with Gasteiger partial charge in [0.05, 0.1) is 14.8 Å². The van der Waals surface area contributed by atoms with Gasteiger partial charge in [-0.3, -0.25) is 0 Å². The van der Waals surface area contributed by atoms with Gasteiger partial charge in [-0.25, -0.2) is 0 Å². The quantitative estimate of drug-likeness (QED) is 0.549. The normalized spacial score (nSPS) is 25.7. The summed E-state index contributed by atoms with van der Waals surface area (Å²) >= 11 is 0. The molecule has 0 aliphatic carbocycles. The standard InChI is InChI=1S/C16H21O2P/c1-3-4-12-18-19-13-10-16(17-2,11-14-19)15-8-6-5-7-9-15/h5-11,13-14H,3-4,12H2,1-2H3. The summed E-state index contributed by atoms with van der Waals surface area (Å²) in [5.41, 5.74) is 0.710. The van der Waals surface area contributed by atoms with E-state index in [0.717, 1.165) is 18.6 Å². The van der Waals surface area contributed by atoms with Crippen molar-refractivity contribution in [2.24, 2.45) is 0 Å². The van der Waals surface area contributed by atoms with E-state index in [-0.39, 0.29) is 0 Å². The van der Waals surface area contributed by atoms with Gasteiger partial charge in [-0.2, -0.15) is 0 Å². The van der Waals surface area contributed by atoms with E-state index in [1.54, 1.807) is 7.11 Å². The zero-order valence-electron chi connectivity index (χ0n) is 11.6. The van der Waals surface area contributed by atoms with Gasteiger partial charge in [-0.15, -0.1) is 0 Å². The van der Waals surface area contributed by atoms with Gasteiger partial charge < -0.3 is 9.26 Å². The van der Waals surface area contributed by atoms with Crippen molar-refractivity contribution in [2.75, 3.05) is 13.7 Å². The van der Waals surface area contributed by atoms with Crippen LogP contribution in [0.3, 0.4) is 0 Å². The van der Waals surface area contributed by atoms with Gasteiger partial charge in [0.25, 0.3) is 0 Å². The Morgan fingerprint density at radius 2 is 1.79 bits per heavy atom. The second-order valence-corrected chi connectivity index (χ2v) is 6.12. The topological polar surface area (TPSA) is 18.5 Å². The Morgan fingerprint density at radius 1 is 1.11 bits per heavy atom. The largest absolute Gasteiger partial charge is 0.365 e. The molecule has 19 heavy (non-hydrogen) atoms. The van der Waals surface area contributed by atoms with E-state index in [1.807, 2.05) is 18.2 Å². The fourth-order valence-corrected chi connectivity index (χ4v) is 3.37. The van der Waals surface area contributed by atoms with Crippen LogP contribution in [-0.4, -0.2) is 13.7 Å². The highest BCUT2D eigenvalue weighted by Crippen LogP contribution is 2.47. The highest BCUT2D eigenvalue weighted by Gasteiger charge is 2.28. The molecular formula is C16H21O2P. The monoisotopic (exact) mass is 276 g/mol. The average molecular weight is 276 g/mol. The summed E-state index contributed by atoms with van der Waals surface area (Å²) in [6.07, 6.45) is 6.51. The second-order valence-electron chi connectivity index (χ2n) is 4.54. The van der Waals surface area contributed by atoms with Crippen LogP contribution in [0.2, 0.25) is 0 Å². The molecule has 1 aromatic rings. The summed E-state index contributed by atoms with van der Waals surface area (Å²) in [6, 6.07) is 10.3. The number of benzene rings is 1. The predicted molar refractivity (Wildman–Crippen MR) is 81.2 cm³/mol. The van der Waals surface area contributed by atoms with Crippen LogP contribution in [-0.2, 0) is 14.9 Å². The highest BCUT2D eigenvalue weighted by molar-refractivity contribution is 7.59. The van der Waals surface area contributed by atoms with E-state index in [9.17, 15) is 0 Å². The molecule has 1 aliphatic rings. The number of methoxy groups -OCH3 is 1. The van der Waals surface area contributed by atoms with Crippen molar-refractivity contribution in [1.29, 1.82) is 0 Å². The van der Waals surface area contributed by atoms with Gasteiger partial charge in [-0.1, -0.05) is 43.7 Å². The Bertz CT molecular complexity index is 425. The van der Waals surface area contributed by atoms with E-state index >= 15 is 0 Å². The summed E-state index contributed by atoms with van der Waals surface area (Å²) < 4.78 is 11.6. The zero-order chi connectivity index (χ0) is 13.6. The molecule has 1 aliphatic heterocycles. The first-order chi connectivity index (χ1) is 9.30. The maximum atomic E-state index is 5.83. The van der Waals surface area contributed by atoms with Crippen molar-refractivity contribution in [3.05, 3.63) is 59.7 Å². The minimum Gasteiger partial charge on any atom is -0.365 e. The fourth-order valence-electron chi connectivity index (χ4n) is 2.02. The number of hydrogen-bond acceptors (Lipinski definition) is 2. The first-order valence-corrected chi connectivity index (χ1v) is 8.11. The van der Waals surface area contributed by atoms with Crippen molar-refractivity contribution in [1.82, 2.24) is 0 Å². The van der Waals surface area contributed by atoms with Crippen LogP contribution in [0.4, 0.5) is 0 Å². The Morgan fingerprint density at radius 3 is 2.37 bits per heavy atom. The molecular weight excluding hydrogens is 255 g/mol. The maximum absolute atomic E-state index is 5.83. The Hall–Kier alpha value is -0.950. The summed E-state index contributed by atoms with van der Waals surface area (Å²) in [6.45, 7) is 3.01. The third-order valence-corrected chi connectivity index (χ3v) is 4.61. The molecule has 0 atom stereocenters. The van der Waals surface area contributed by atoms with Crippen molar-refractivity contribution >= 4 is 8.15 Å². The summed E-state index contributed by atoms with van der Waals surface area (Å²) in [4.78, 5) is 0. The van der Waals surface area contributed by atoms with Crippen molar-refractivity contribution in [3.8, 4) is 0 Å². The lowest BCUT2D eigenvalue weighted by molar-refractivity contribution is 0.0723. The Balaban J connectivity index is 2.06. The molecule has 0 spiro atoms. The molecule has 0 unspecified atom stereocenters. The molecule has 2 rings (SSSR count). The van der Waals surface area contributed by atoms with Gasteiger partial charge >= 0.3 is 0 Å². The van der Waals surface area contributed by atoms with E-state index in [4.69, 9.17) is 9.26 Å². The van der Waals surface area contributed by atoms with Gasteiger partial charge in [0.1, 0.15) is 5.60 Å². The minimum atomic E-state index is -0.579. The average Bonchev–Trinajstić information content (AvgIpc) is 2.49. The molecule has 0 amide bonds. The van der Waals surface area contributed by atoms with Crippen molar-refractivity contribution in [2.45, 2.75) is 25.4 Å². The summed E-state index contributed by atoms with van der Waals surface area (Å²) in [7, 11) is 1.16. The lowest BCUT2D eigenvalue weighted by atomic mass is 9.94. The van der Waals surface area contributed by atoms with Crippen LogP contribution in [0.1, 0.15) is 25.3 Å². The van der Waals surface area contributed by atoms with Crippen molar-refractivity contribution < 1.29 is 9.26 Å². The van der Waals surface area contributed by atoms with Crippen LogP contribution >= 0.6 is 8.15 Å². The minimum absolute atomic E-state index is 0.436. The SMILES string of the molecule is CCCCOP1C=CC(OC)(c2ccccc2)C=C1. The number of ether oxygens (including phenoxy) is 1. The molecule has 0 saturated heterocycles. The molecule has 2 nitrogen and oxygen atoms in total. The molecule has 0 fully saturated rings. The second kappa shape index (κ2) is 7.00. The molecule has 1 heterocycles. The van der Waals surface area contributed by atoms with Gasteiger partial charge in [0.15, 0.2) is 0 Å². The van der Waals surface area contributed by atoms with Crippen LogP contribution in [0.5, 0.6) is 0 Å². The van der Waals surface area contributed by atoms with Crippen LogP contribution in [0.15, 0.2) is 54.1 Å². The predicted octanol–water partition coefficient (Wildman–Crippen LogP) is 4.78. The lowest BCUT2D eigenvalue weighted by Crippen LogP contribution is -2.24. The third kappa shape index (κ3) is 3.54. The Labute approximate surface area is 117 Å². The number of rotatable bonds is 6. The summed E-state index contributed by atoms with van der Waals surface area (Å²) in [5, 5.41) is 0. The lowest BCUT2D eigenvalue weighted by Gasteiger charge is -2.30. The van der Waals surface area contributed by atoms with Crippen LogP contribution in [0.25, 0.3) is 0 Å². The first kappa shape index (κ1) is 14.5. The molecule has 0 N–H and O–H groups in total. The number of hydrogen-bond donors (Lipinski definition) is 0. The molecule has 0 bridgehead atoms. The molecule has 0 radical (unpaired) electrons. The van der Waals surface area contributed by atoms with Gasteiger partial charge in [-0.05, 0) is 35.8 Å². The molecule has 0 saturated carbocycles. The van der Waals surface area contributed by atoms with E-state index in [0.29, 0.717) is 0 Å². The van der Waals surface area contributed by atoms with E-state index < -0.39 is 13.7 Å². The molecule has 102 valence electrons. The highest BCUT2D eigenvalue weighted by atomic mass is 31.1. The Kier molecular flexibility index (Phi) is 5.33. The van der Waals surface area contributed by atoms with Crippen LogP contribution in [0, 0.1) is 0 Å². The molecule has 3 heteroatoms. The maximum Gasteiger partial charge on any atom is 0.130 e. The third-order valence-electron chi connectivity index (χ3n) is 3.24. The summed E-state index contributed by atoms with van der Waals surface area (Å²) in [5.74, 6) is 4.28.